The van der Waals surface area contributed by atoms with Gasteiger partial charge in [0.05, 0.1) is 0 Å². The third-order valence-electron chi connectivity index (χ3n) is 4.85. The lowest BCUT2D eigenvalue weighted by Crippen LogP contribution is -2.48. The average Bonchev–Trinajstić information content (AvgIpc) is 2.72. The van der Waals surface area contributed by atoms with Crippen molar-refractivity contribution in [2.75, 3.05) is 12.3 Å². The first-order chi connectivity index (χ1) is 14.3. The third-order valence-corrected chi connectivity index (χ3v) is 6.12. The molecule has 6 heteroatoms. The van der Waals surface area contributed by atoms with Crippen LogP contribution in [0.4, 0.5) is 0 Å². The van der Waals surface area contributed by atoms with E-state index < -0.39 is 6.04 Å². The molecule has 0 saturated heterocycles. The number of rotatable bonds is 10. The molecule has 0 bridgehead atoms. The van der Waals surface area contributed by atoms with Gasteiger partial charge in [-0.15, -0.1) is 11.8 Å². The molecule has 0 aliphatic carbocycles. The van der Waals surface area contributed by atoms with E-state index in [1.54, 1.807) is 23.6 Å². The maximum absolute atomic E-state index is 13.1. The van der Waals surface area contributed by atoms with E-state index in [0.29, 0.717) is 36.2 Å². The lowest BCUT2D eigenvalue weighted by atomic mass is 10.1. The standard InChI is InChI=1S/C24H31ClN2O2S/c1-17(2)15-26-24(29)19(4)27(16-20-8-6-5-7-18(20)3)23(28)13-14-30-22-11-9-21(25)10-12-22/h5-12,17,19H,13-16H2,1-4H3,(H,26,29). The van der Waals surface area contributed by atoms with Gasteiger partial charge in [-0.05, 0) is 55.2 Å². The molecule has 1 unspecified atom stereocenters. The maximum atomic E-state index is 13.1. The Bertz CT molecular complexity index is 839. The average molecular weight is 447 g/mol. The lowest BCUT2D eigenvalue weighted by Gasteiger charge is -2.29. The lowest BCUT2D eigenvalue weighted by molar-refractivity contribution is -0.140. The van der Waals surface area contributed by atoms with Gasteiger partial charge in [-0.3, -0.25) is 9.59 Å². The fourth-order valence-corrected chi connectivity index (χ4v) is 3.90. The Morgan fingerprint density at radius 2 is 1.73 bits per heavy atom. The van der Waals surface area contributed by atoms with Crippen LogP contribution >= 0.6 is 23.4 Å². The molecule has 2 aromatic rings. The number of aryl methyl sites for hydroxylation is 1. The molecule has 0 aliphatic rings. The first-order valence-corrected chi connectivity index (χ1v) is 11.6. The van der Waals surface area contributed by atoms with Crippen LogP contribution in [0.15, 0.2) is 53.4 Å². The quantitative estimate of drug-likeness (QED) is 0.502. The van der Waals surface area contributed by atoms with Crippen molar-refractivity contribution in [1.82, 2.24) is 10.2 Å². The summed E-state index contributed by atoms with van der Waals surface area (Å²) in [5.74, 6) is 0.866. The number of amides is 2. The SMILES string of the molecule is Cc1ccccc1CN(C(=O)CCSc1ccc(Cl)cc1)C(C)C(=O)NCC(C)C. The van der Waals surface area contributed by atoms with Crippen LogP contribution in [0, 0.1) is 12.8 Å². The molecule has 1 N–H and O–H groups in total. The van der Waals surface area contributed by atoms with Crippen LogP contribution in [0.3, 0.4) is 0 Å². The molecule has 2 amide bonds. The number of hydrogen-bond acceptors (Lipinski definition) is 3. The summed E-state index contributed by atoms with van der Waals surface area (Å²) in [5.41, 5.74) is 2.17. The van der Waals surface area contributed by atoms with Crippen molar-refractivity contribution in [2.24, 2.45) is 5.92 Å². The molecule has 4 nitrogen and oxygen atoms in total. The summed E-state index contributed by atoms with van der Waals surface area (Å²) in [5, 5.41) is 3.65. The van der Waals surface area contributed by atoms with Gasteiger partial charge in [0.15, 0.2) is 0 Å². The van der Waals surface area contributed by atoms with Crippen LogP contribution < -0.4 is 5.32 Å². The van der Waals surface area contributed by atoms with Gasteiger partial charge in [-0.1, -0.05) is 49.7 Å². The minimum atomic E-state index is -0.531. The second-order valence-corrected chi connectivity index (χ2v) is 9.42. The topological polar surface area (TPSA) is 49.4 Å². The van der Waals surface area contributed by atoms with Gasteiger partial charge in [-0.2, -0.15) is 0 Å². The molecule has 0 fully saturated rings. The van der Waals surface area contributed by atoms with Crippen LogP contribution in [0.5, 0.6) is 0 Å². The monoisotopic (exact) mass is 446 g/mol. The van der Waals surface area contributed by atoms with Gasteiger partial charge in [0.1, 0.15) is 6.04 Å². The summed E-state index contributed by atoms with van der Waals surface area (Å²) in [6.07, 6.45) is 0.362. The van der Waals surface area contributed by atoms with Crippen molar-refractivity contribution in [2.45, 2.75) is 51.6 Å². The fraction of sp³-hybridized carbons (Fsp3) is 0.417. The fourth-order valence-electron chi connectivity index (χ4n) is 2.94. The first kappa shape index (κ1) is 24.3. The number of nitrogens with zero attached hydrogens (tertiary/aromatic N) is 1. The maximum Gasteiger partial charge on any atom is 0.242 e. The number of thioether (sulfide) groups is 1. The Morgan fingerprint density at radius 3 is 2.37 bits per heavy atom. The zero-order valence-electron chi connectivity index (χ0n) is 18.2. The largest absolute Gasteiger partial charge is 0.354 e. The normalized spacial score (nSPS) is 11.9. The highest BCUT2D eigenvalue weighted by molar-refractivity contribution is 7.99. The number of nitrogens with one attached hydrogen (secondary N) is 1. The number of benzene rings is 2. The van der Waals surface area contributed by atoms with E-state index in [1.165, 1.54) is 0 Å². The Morgan fingerprint density at radius 1 is 1.07 bits per heavy atom. The van der Waals surface area contributed by atoms with Crippen molar-refractivity contribution < 1.29 is 9.59 Å². The van der Waals surface area contributed by atoms with Crippen LogP contribution in [-0.4, -0.2) is 35.1 Å². The Labute approximate surface area is 189 Å². The highest BCUT2D eigenvalue weighted by Gasteiger charge is 2.26. The molecule has 0 aliphatic heterocycles. The van der Waals surface area contributed by atoms with E-state index in [2.05, 4.69) is 19.2 Å². The molecule has 1 atom stereocenters. The molecule has 2 aromatic carbocycles. The summed E-state index contributed by atoms with van der Waals surface area (Å²) in [7, 11) is 0. The molecular formula is C24H31ClN2O2S. The van der Waals surface area contributed by atoms with E-state index in [0.717, 1.165) is 16.0 Å². The summed E-state index contributed by atoms with van der Waals surface area (Å²) in [6, 6.07) is 15.0. The Hall–Kier alpha value is -1.98. The van der Waals surface area contributed by atoms with E-state index in [-0.39, 0.29) is 11.8 Å². The second-order valence-electron chi connectivity index (χ2n) is 7.82. The van der Waals surface area contributed by atoms with Gasteiger partial charge in [0, 0.05) is 35.2 Å². The van der Waals surface area contributed by atoms with Crippen molar-refractivity contribution in [3.05, 3.63) is 64.7 Å². The van der Waals surface area contributed by atoms with Crippen molar-refractivity contribution in [3.8, 4) is 0 Å². The molecule has 0 spiro atoms. The number of hydrogen-bond donors (Lipinski definition) is 1. The van der Waals surface area contributed by atoms with Gasteiger partial charge in [0.2, 0.25) is 11.8 Å². The van der Waals surface area contributed by atoms with Crippen molar-refractivity contribution in [1.29, 1.82) is 0 Å². The smallest absolute Gasteiger partial charge is 0.242 e. The van der Waals surface area contributed by atoms with E-state index >= 15 is 0 Å². The molecule has 0 radical (unpaired) electrons. The molecule has 30 heavy (non-hydrogen) atoms. The number of halogens is 1. The summed E-state index contributed by atoms with van der Waals surface area (Å²) in [6.45, 7) is 8.95. The minimum Gasteiger partial charge on any atom is -0.354 e. The van der Waals surface area contributed by atoms with E-state index in [1.807, 2.05) is 55.5 Å². The molecule has 0 aromatic heterocycles. The first-order valence-electron chi connectivity index (χ1n) is 10.3. The van der Waals surface area contributed by atoms with E-state index in [9.17, 15) is 9.59 Å². The van der Waals surface area contributed by atoms with Gasteiger partial charge in [-0.25, -0.2) is 0 Å². The predicted molar refractivity (Wildman–Crippen MR) is 126 cm³/mol. The highest BCUT2D eigenvalue weighted by Crippen LogP contribution is 2.22. The van der Waals surface area contributed by atoms with Crippen LogP contribution in [-0.2, 0) is 16.1 Å². The molecular weight excluding hydrogens is 416 g/mol. The highest BCUT2D eigenvalue weighted by atomic mass is 35.5. The molecule has 0 heterocycles. The van der Waals surface area contributed by atoms with Crippen molar-refractivity contribution >= 4 is 35.2 Å². The van der Waals surface area contributed by atoms with Gasteiger partial charge < -0.3 is 10.2 Å². The zero-order chi connectivity index (χ0) is 22.1. The third kappa shape index (κ3) is 7.69. The number of carbonyl (C=O) groups is 2. The zero-order valence-corrected chi connectivity index (χ0v) is 19.7. The van der Waals surface area contributed by atoms with Crippen LogP contribution in [0.1, 0.15) is 38.3 Å². The van der Waals surface area contributed by atoms with E-state index in [4.69, 9.17) is 11.6 Å². The Balaban J connectivity index is 2.06. The summed E-state index contributed by atoms with van der Waals surface area (Å²) in [4.78, 5) is 28.5. The summed E-state index contributed by atoms with van der Waals surface area (Å²) >= 11 is 7.54. The molecule has 162 valence electrons. The predicted octanol–water partition coefficient (Wildman–Crippen LogP) is 5.32. The minimum absolute atomic E-state index is 0.0214. The van der Waals surface area contributed by atoms with Gasteiger partial charge in [0.25, 0.3) is 0 Å². The molecule has 2 rings (SSSR count). The second kappa shape index (κ2) is 12.0. The summed E-state index contributed by atoms with van der Waals surface area (Å²) < 4.78 is 0. The molecule has 0 saturated carbocycles. The van der Waals surface area contributed by atoms with Gasteiger partial charge >= 0.3 is 0 Å². The van der Waals surface area contributed by atoms with Crippen LogP contribution in [0.2, 0.25) is 5.02 Å². The Kier molecular flexibility index (Phi) is 9.73. The number of carbonyl (C=O) groups excluding carboxylic acids is 2. The van der Waals surface area contributed by atoms with Crippen molar-refractivity contribution in [3.63, 3.8) is 0 Å². The van der Waals surface area contributed by atoms with Crippen LogP contribution in [0.25, 0.3) is 0 Å².